The lowest BCUT2D eigenvalue weighted by molar-refractivity contribution is 0.0697. The average Bonchev–Trinajstić information content (AvgIpc) is 2.66. The first kappa shape index (κ1) is 20.5. The number of carboxylic acids is 1. The van der Waals surface area contributed by atoms with E-state index in [4.69, 9.17) is 16.3 Å². The van der Waals surface area contributed by atoms with E-state index in [1.54, 1.807) is 19.9 Å². The maximum absolute atomic E-state index is 13.7. The number of aryl methyl sites for hydroxylation is 2. The van der Waals surface area contributed by atoms with E-state index in [1.165, 1.54) is 22.8 Å². The minimum atomic E-state index is -1.13. The first-order chi connectivity index (χ1) is 13.7. The van der Waals surface area contributed by atoms with Crippen LogP contribution in [0.1, 0.15) is 27.3 Å². The number of ether oxygens (including phenoxy) is 1. The Bertz CT molecular complexity index is 1180. The van der Waals surface area contributed by atoms with Crippen LogP contribution in [0.5, 0.6) is 5.75 Å². The van der Waals surface area contributed by atoms with Crippen molar-refractivity contribution in [3.05, 3.63) is 86.1 Å². The van der Waals surface area contributed by atoms with Crippen LogP contribution in [0.3, 0.4) is 0 Å². The van der Waals surface area contributed by atoms with E-state index in [1.807, 2.05) is 0 Å². The van der Waals surface area contributed by atoms with Crippen LogP contribution >= 0.6 is 11.6 Å². The molecular formula is C20H15ClF2N2O4. The molecule has 150 valence electrons. The Morgan fingerprint density at radius 2 is 1.97 bits per heavy atom. The third-order valence-corrected chi connectivity index (χ3v) is 4.59. The Morgan fingerprint density at radius 1 is 1.24 bits per heavy atom. The first-order valence-corrected chi connectivity index (χ1v) is 8.76. The molecule has 0 atom stereocenters. The molecule has 0 aliphatic heterocycles. The molecule has 2 heterocycles. The van der Waals surface area contributed by atoms with Crippen molar-refractivity contribution < 1.29 is 23.4 Å². The van der Waals surface area contributed by atoms with Gasteiger partial charge in [-0.2, -0.15) is 0 Å². The van der Waals surface area contributed by atoms with Gasteiger partial charge in [0.15, 0.2) is 5.82 Å². The van der Waals surface area contributed by atoms with Crippen molar-refractivity contribution in [2.24, 2.45) is 0 Å². The summed E-state index contributed by atoms with van der Waals surface area (Å²) in [5.41, 5.74) is 0.711. The van der Waals surface area contributed by atoms with Crippen molar-refractivity contribution in [1.82, 2.24) is 9.55 Å². The molecule has 0 bridgehead atoms. The lowest BCUT2D eigenvalue weighted by Crippen LogP contribution is -2.23. The summed E-state index contributed by atoms with van der Waals surface area (Å²) in [6.45, 7) is 2.99. The molecular weight excluding hydrogens is 406 g/mol. The Labute approximate surface area is 169 Å². The zero-order valence-electron chi connectivity index (χ0n) is 15.4. The fourth-order valence-electron chi connectivity index (χ4n) is 2.76. The molecule has 3 aromatic rings. The van der Waals surface area contributed by atoms with E-state index in [9.17, 15) is 23.5 Å². The number of rotatable bonds is 5. The van der Waals surface area contributed by atoms with Gasteiger partial charge in [0.25, 0.3) is 5.56 Å². The van der Waals surface area contributed by atoms with E-state index in [-0.39, 0.29) is 28.6 Å². The van der Waals surface area contributed by atoms with Crippen LogP contribution in [0, 0.1) is 25.5 Å². The fourth-order valence-corrected chi connectivity index (χ4v) is 2.96. The number of carboxylic acid groups (broad SMARTS) is 1. The largest absolute Gasteiger partial charge is 0.485 e. The van der Waals surface area contributed by atoms with Crippen LogP contribution in [0.15, 0.2) is 41.3 Å². The standard InChI is InChI=1S/C20H15ClF2N2O4/c1-10-3-4-12(20(27)28)6-16(10)25-11(2)5-17(18(21)19(25)26)29-9-15-14(23)7-13(22)8-24-15/h3-8H,9H2,1-2H3,(H,27,28). The van der Waals surface area contributed by atoms with Gasteiger partial charge in [-0.1, -0.05) is 17.7 Å². The summed E-state index contributed by atoms with van der Waals surface area (Å²) in [7, 11) is 0. The summed E-state index contributed by atoms with van der Waals surface area (Å²) in [6, 6.07) is 6.55. The number of hydrogen-bond donors (Lipinski definition) is 1. The summed E-state index contributed by atoms with van der Waals surface area (Å²) < 4.78 is 33.4. The quantitative estimate of drug-likeness (QED) is 0.673. The molecule has 0 fully saturated rings. The highest BCUT2D eigenvalue weighted by molar-refractivity contribution is 6.31. The predicted octanol–water partition coefficient (Wildman–Crippen LogP) is 4.06. The molecule has 9 heteroatoms. The van der Waals surface area contributed by atoms with Gasteiger partial charge < -0.3 is 9.84 Å². The lowest BCUT2D eigenvalue weighted by Gasteiger charge is -2.16. The maximum atomic E-state index is 13.7. The van der Waals surface area contributed by atoms with Gasteiger partial charge in [-0.3, -0.25) is 14.3 Å². The van der Waals surface area contributed by atoms with Gasteiger partial charge in [0.1, 0.15) is 28.9 Å². The van der Waals surface area contributed by atoms with Crippen molar-refractivity contribution >= 4 is 17.6 Å². The average molecular weight is 421 g/mol. The summed E-state index contributed by atoms with van der Waals surface area (Å²) >= 11 is 6.16. The van der Waals surface area contributed by atoms with Crippen LogP contribution in [0.2, 0.25) is 5.02 Å². The third kappa shape index (κ3) is 4.12. The smallest absolute Gasteiger partial charge is 0.335 e. The predicted molar refractivity (Wildman–Crippen MR) is 102 cm³/mol. The first-order valence-electron chi connectivity index (χ1n) is 8.38. The highest BCUT2D eigenvalue weighted by Crippen LogP contribution is 2.26. The summed E-state index contributed by atoms with van der Waals surface area (Å²) in [4.78, 5) is 27.7. The molecule has 0 saturated heterocycles. The van der Waals surface area contributed by atoms with Crippen molar-refractivity contribution in [3.8, 4) is 11.4 Å². The van der Waals surface area contributed by atoms with Crippen LogP contribution in [0.4, 0.5) is 8.78 Å². The highest BCUT2D eigenvalue weighted by Gasteiger charge is 2.17. The zero-order valence-corrected chi connectivity index (χ0v) is 16.1. The minimum absolute atomic E-state index is 0.00276. The molecule has 0 aliphatic carbocycles. The fraction of sp³-hybridized carbons (Fsp3) is 0.150. The molecule has 6 nitrogen and oxygen atoms in total. The molecule has 0 saturated carbocycles. The molecule has 1 aromatic carbocycles. The minimum Gasteiger partial charge on any atom is -0.485 e. The van der Waals surface area contributed by atoms with Crippen LogP contribution in [-0.4, -0.2) is 20.6 Å². The topological polar surface area (TPSA) is 81.4 Å². The Balaban J connectivity index is 2.00. The second kappa shape index (κ2) is 8.00. The SMILES string of the molecule is Cc1ccc(C(=O)O)cc1-n1c(C)cc(OCc2ncc(F)cc2F)c(Cl)c1=O. The van der Waals surface area contributed by atoms with E-state index in [2.05, 4.69) is 4.98 Å². The van der Waals surface area contributed by atoms with Gasteiger partial charge in [0.05, 0.1) is 17.4 Å². The molecule has 2 aromatic heterocycles. The van der Waals surface area contributed by atoms with Crippen molar-refractivity contribution in [2.75, 3.05) is 0 Å². The van der Waals surface area contributed by atoms with Crippen molar-refractivity contribution in [1.29, 1.82) is 0 Å². The molecule has 29 heavy (non-hydrogen) atoms. The third-order valence-electron chi connectivity index (χ3n) is 4.25. The second-order valence-electron chi connectivity index (χ2n) is 6.28. The number of hydrogen-bond acceptors (Lipinski definition) is 4. The van der Waals surface area contributed by atoms with Crippen molar-refractivity contribution in [2.45, 2.75) is 20.5 Å². The van der Waals surface area contributed by atoms with E-state index >= 15 is 0 Å². The number of aromatic nitrogens is 2. The number of aromatic carboxylic acids is 1. The monoisotopic (exact) mass is 420 g/mol. The van der Waals surface area contributed by atoms with E-state index in [0.717, 1.165) is 6.20 Å². The van der Waals surface area contributed by atoms with Gasteiger partial charge in [-0.15, -0.1) is 0 Å². The number of carbonyl (C=O) groups is 1. The molecule has 0 amide bonds. The van der Waals surface area contributed by atoms with Gasteiger partial charge >= 0.3 is 5.97 Å². The number of halogens is 3. The maximum Gasteiger partial charge on any atom is 0.335 e. The Hall–Kier alpha value is -3.26. The molecule has 1 N–H and O–H groups in total. The van der Waals surface area contributed by atoms with Gasteiger partial charge in [-0.05, 0) is 31.5 Å². The molecule has 3 rings (SSSR count). The van der Waals surface area contributed by atoms with Gasteiger partial charge in [0, 0.05) is 17.8 Å². The van der Waals surface area contributed by atoms with Crippen molar-refractivity contribution in [3.63, 3.8) is 0 Å². The number of pyridine rings is 2. The molecule has 0 spiro atoms. The number of nitrogens with zero attached hydrogens (tertiary/aromatic N) is 2. The summed E-state index contributed by atoms with van der Waals surface area (Å²) in [5.74, 6) is -2.83. The van der Waals surface area contributed by atoms with Gasteiger partial charge in [-0.25, -0.2) is 13.6 Å². The van der Waals surface area contributed by atoms with Crippen LogP contribution < -0.4 is 10.3 Å². The summed E-state index contributed by atoms with van der Waals surface area (Å²) in [6.07, 6.45) is 0.852. The van der Waals surface area contributed by atoms with Crippen LogP contribution in [-0.2, 0) is 6.61 Å². The normalized spacial score (nSPS) is 10.8. The lowest BCUT2D eigenvalue weighted by atomic mass is 10.1. The molecule has 0 aliphatic rings. The highest BCUT2D eigenvalue weighted by atomic mass is 35.5. The summed E-state index contributed by atoms with van der Waals surface area (Å²) in [5, 5.41) is 8.94. The van der Waals surface area contributed by atoms with E-state index in [0.29, 0.717) is 23.0 Å². The van der Waals surface area contributed by atoms with Crippen LogP contribution in [0.25, 0.3) is 5.69 Å². The van der Waals surface area contributed by atoms with E-state index < -0.39 is 23.2 Å². The van der Waals surface area contributed by atoms with Gasteiger partial charge in [0.2, 0.25) is 0 Å². The Kier molecular flexibility index (Phi) is 5.65. The zero-order chi connectivity index (χ0) is 21.3. The number of benzene rings is 1. The molecule has 0 radical (unpaired) electrons. The Morgan fingerprint density at radius 3 is 2.62 bits per heavy atom. The second-order valence-corrected chi connectivity index (χ2v) is 6.66. The molecule has 0 unspecified atom stereocenters.